The van der Waals surface area contributed by atoms with Crippen LogP contribution < -0.4 is 20.0 Å². The average molecular weight is 681 g/mol. The maximum absolute atomic E-state index is 13.3. The van der Waals surface area contributed by atoms with Crippen LogP contribution in [0.3, 0.4) is 0 Å². The number of amides is 5. The summed E-state index contributed by atoms with van der Waals surface area (Å²) in [4.78, 5) is 83.7. The molecule has 256 valence electrons. The summed E-state index contributed by atoms with van der Waals surface area (Å²) in [6.45, 7) is 1.46. The van der Waals surface area contributed by atoms with Gasteiger partial charge in [-0.25, -0.2) is 0 Å². The van der Waals surface area contributed by atoms with Gasteiger partial charge >= 0.3 is 0 Å². The quantitative estimate of drug-likeness (QED) is 0.128. The van der Waals surface area contributed by atoms with E-state index in [-0.39, 0.29) is 53.0 Å². The summed E-state index contributed by atoms with van der Waals surface area (Å²) in [5.74, 6) is -1.41. The minimum atomic E-state index is -0.402. The van der Waals surface area contributed by atoms with Crippen molar-refractivity contribution in [2.24, 2.45) is 0 Å². The van der Waals surface area contributed by atoms with Crippen molar-refractivity contribution in [3.63, 3.8) is 0 Å². The molecule has 0 aliphatic rings. The monoisotopic (exact) mass is 680 g/mol. The van der Waals surface area contributed by atoms with Gasteiger partial charge in [-0.2, -0.15) is 0 Å². The minimum absolute atomic E-state index is 0.148. The molecule has 0 fully saturated rings. The molecule has 4 aromatic rings. The molecule has 0 aliphatic heterocycles. The minimum Gasteiger partial charge on any atom is -0.355 e. The van der Waals surface area contributed by atoms with Crippen molar-refractivity contribution in [2.45, 2.75) is 12.8 Å². The van der Waals surface area contributed by atoms with Gasteiger partial charge in [-0.1, -0.05) is 0 Å². The van der Waals surface area contributed by atoms with Crippen LogP contribution in [0, 0.1) is 0 Å². The van der Waals surface area contributed by atoms with Crippen molar-refractivity contribution in [2.75, 3.05) is 81.3 Å². The lowest BCUT2D eigenvalue weighted by atomic mass is 10.3. The Bertz CT molecular complexity index is 1770. The van der Waals surface area contributed by atoms with Crippen LogP contribution in [-0.4, -0.2) is 121 Å². The van der Waals surface area contributed by atoms with E-state index in [0.29, 0.717) is 35.0 Å². The van der Waals surface area contributed by atoms with Crippen molar-refractivity contribution in [3.8, 4) is 0 Å². The first-order valence-corrected chi connectivity index (χ1v) is 15.7. The Morgan fingerprint density at radius 2 is 1.02 bits per heavy atom. The van der Waals surface area contributed by atoms with Crippen LogP contribution >= 0.6 is 11.6 Å². The topological polar surface area (TPSA) is 177 Å². The molecule has 0 radical (unpaired) electrons. The van der Waals surface area contributed by atoms with Crippen LogP contribution in [0.4, 0.5) is 22.7 Å². The van der Waals surface area contributed by atoms with E-state index in [1.807, 2.05) is 14.1 Å². The lowest BCUT2D eigenvalue weighted by molar-refractivity contribution is -0.115. The van der Waals surface area contributed by atoms with E-state index in [2.05, 4.69) is 30.2 Å². The van der Waals surface area contributed by atoms with Crippen LogP contribution in [0.2, 0.25) is 0 Å². The lowest BCUT2D eigenvalue weighted by Crippen LogP contribution is -2.30. The predicted octanol–water partition coefficient (Wildman–Crippen LogP) is 3.42. The molecule has 0 spiro atoms. The van der Waals surface area contributed by atoms with Gasteiger partial charge in [0.15, 0.2) is 0 Å². The molecule has 5 amide bonds. The smallest absolute Gasteiger partial charge is 0.274 e. The summed E-state index contributed by atoms with van der Waals surface area (Å²) in [6.07, 6.45) is 7.16. The summed E-state index contributed by atoms with van der Waals surface area (Å²) in [7, 11) is 10.4. The zero-order valence-corrected chi connectivity index (χ0v) is 28.6. The molecule has 0 aliphatic carbocycles. The van der Waals surface area contributed by atoms with Gasteiger partial charge in [-0.15, -0.1) is 11.6 Å². The Balaban J connectivity index is 1.36. The summed E-state index contributed by atoms with van der Waals surface area (Å²) < 4.78 is 0. The Morgan fingerprint density at radius 3 is 1.46 bits per heavy atom. The third-order valence-corrected chi connectivity index (χ3v) is 7.92. The first-order valence-electron chi connectivity index (χ1n) is 15.1. The first-order chi connectivity index (χ1) is 22.8. The fourth-order valence-corrected chi connectivity index (χ4v) is 5.00. The molecule has 0 saturated heterocycles. The molecule has 5 N–H and O–H groups in total. The number of carbonyl (C=O) groups is 5. The molecule has 0 atom stereocenters. The van der Waals surface area contributed by atoms with E-state index in [9.17, 15) is 24.0 Å². The highest BCUT2D eigenvalue weighted by Gasteiger charge is 2.24. The third kappa shape index (κ3) is 8.35. The number of anilines is 4. The van der Waals surface area contributed by atoms with Crippen LogP contribution in [0.25, 0.3) is 0 Å². The Hall–Kier alpha value is -5.28. The Labute approximate surface area is 283 Å². The number of carbonyl (C=O) groups excluding carboxylic acids is 5. The summed E-state index contributed by atoms with van der Waals surface area (Å²) in [5, 5.41) is 2.66. The molecule has 0 saturated carbocycles. The molecule has 0 unspecified atom stereocenters. The molecule has 0 aromatic carbocycles. The molecule has 4 heterocycles. The van der Waals surface area contributed by atoms with Gasteiger partial charge in [0.1, 0.15) is 22.8 Å². The zero-order valence-electron chi connectivity index (χ0n) is 27.8. The largest absolute Gasteiger partial charge is 0.355 e. The maximum atomic E-state index is 13.3. The summed E-state index contributed by atoms with van der Waals surface area (Å²) >= 11 is 5.60. The normalized spacial score (nSPS) is 11.0. The predicted molar refractivity (Wildman–Crippen MR) is 185 cm³/mol. The number of aromatic amines is 4. The van der Waals surface area contributed by atoms with Crippen LogP contribution in [0.15, 0.2) is 49.1 Å². The highest BCUT2D eigenvalue weighted by atomic mass is 35.5. The van der Waals surface area contributed by atoms with Crippen LogP contribution in [0.5, 0.6) is 0 Å². The van der Waals surface area contributed by atoms with Crippen molar-refractivity contribution in [1.82, 2.24) is 29.7 Å². The van der Waals surface area contributed by atoms with Gasteiger partial charge in [0.25, 0.3) is 23.6 Å². The lowest BCUT2D eigenvalue weighted by Gasteiger charge is -2.18. The van der Waals surface area contributed by atoms with Crippen molar-refractivity contribution in [3.05, 3.63) is 71.8 Å². The molecular formula is C32H41ClN10O5. The Kier molecular flexibility index (Phi) is 11.5. The molecule has 4 aromatic heterocycles. The molecule has 15 nitrogen and oxygen atoms in total. The number of halogens is 1. The standard InChI is InChI=1S/C32H41ClN10O5/c1-39(2)10-7-11-40(3)29(45)25-13-21(17-35-25)42(5)31(47)27-15-23(19-37-27)43(6)32(48)26-14-22(18-36-26)41(4)30(46)24-12-20(16-34-24)38-28(44)8-9-33/h12-19,34-37H,7-11H2,1-6H3,(H,38,44). The fraction of sp³-hybridized carbons (Fsp3) is 0.344. The highest BCUT2D eigenvalue weighted by molar-refractivity contribution is 6.19. The SMILES string of the molecule is CN(C)CCCN(C)C(=O)c1cc(N(C)C(=O)c2cc(N(C)C(=O)c3cc(N(C)C(=O)c4cc(NC(=O)CCCl)c[nH]4)c[nH]3)c[nH]2)c[nH]1. The molecule has 0 bridgehead atoms. The van der Waals surface area contributed by atoms with Gasteiger partial charge in [0.05, 0.1) is 22.7 Å². The van der Waals surface area contributed by atoms with Crippen molar-refractivity contribution >= 4 is 63.9 Å². The number of alkyl halides is 1. The van der Waals surface area contributed by atoms with Gasteiger partial charge in [0, 0.05) is 71.8 Å². The van der Waals surface area contributed by atoms with Gasteiger partial charge in [-0.3, -0.25) is 24.0 Å². The van der Waals surface area contributed by atoms with Gasteiger partial charge in [0.2, 0.25) is 5.91 Å². The van der Waals surface area contributed by atoms with E-state index in [0.717, 1.165) is 13.0 Å². The molecule has 4 rings (SSSR count). The highest BCUT2D eigenvalue weighted by Crippen LogP contribution is 2.23. The van der Waals surface area contributed by atoms with Gasteiger partial charge in [-0.05, 0) is 51.3 Å². The zero-order chi connectivity index (χ0) is 35.1. The number of hydrogen-bond acceptors (Lipinski definition) is 6. The second kappa shape index (κ2) is 15.5. The number of rotatable bonds is 14. The summed E-state index contributed by atoms with van der Waals surface area (Å²) in [6, 6.07) is 6.24. The van der Waals surface area contributed by atoms with Crippen molar-refractivity contribution in [1.29, 1.82) is 0 Å². The van der Waals surface area contributed by atoms with E-state index >= 15 is 0 Å². The number of aromatic nitrogens is 4. The van der Waals surface area contributed by atoms with Crippen LogP contribution in [0.1, 0.15) is 54.8 Å². The second-order valence-corrected chi connectivity index (χ2v) is 12.0. The number of nitrogens with zero attached hydrogens (tertiary/aromatic N) is 5. The van der Waals surface area contributed by atoms with Crippen LogP contribution in [-0.2, 0) is 4.79 Å². The van der Waals surface area contributed by atoms with Gasteiger partial charge < -0.3 is 49.8 Å². The Morgan fingerprint density at radius 1 is 0.604 bits per heavy atom. The number of hydrogen-bond donors (Lipinski definition) is 5. The molecule has 16 heteroatoms. The molecule has 48 heavy (non-hydrogen) atoms. The summed E-state index contributed by atoms with van der Waals surface area (Å²) in [5.41, 5.74) is 2.90. The molecular weight excluding hydrogens is 640 g/mol. The third-order valence-electron chi connectivity index (χ3n) is 7.73. The van der Waals surface area contributed by atoms with E-state index in [1.54, 1.807) is 63.7 Å². The first kappa shape index (κ1) is 35.6. The van der Waals surface area contributed by atoms with E-state index < -0.39 is 5.91 Å². The number of nitrogens with one attached hydrogen (secondary N) is 5. The fourth-order valence-electron chi connectivity index (χ4n) is 4.82. The van der Waals surface area contributed by atoms with E-state index in [1.165, 1.54) is 33.2 Å². The maximum Gasteiger partial charge on any atom is 0.274 e. The number of H-pyrrole nitrogens is 4. The average Bonchev–Trinajstić information content (AvgIpc) is 3.89. The second-order valence-electron chi connectivity index (χ2n) is 11.6. The van der Waals surface area contributed by atoms with E-state index in [4.69, 9.17) is 11.6 Å². The van der Waals surface area contributed by atoms with Crippen molar-refractivity contribution < 1.29 is 24.0 Å².